The van der Waals surface area contributed by atoms with Crippen molar-refractivity contribution < 1.29 is 4.79 Å². The van der Waals surface area contributed by atoms with Crippen LogP contribution in [-0.4, -0.2) is 15.6 Å². The molecule has 0 bridgehead atoms. The number of carbonyl (C=O) groups is 1. The van der Waals surface area contributed by atoms with Gasteiger partial charge in [-0.25, -0.2) is 0 Å². The molecule has 122 valence electrons. The van der Waals surface area contributed by atoms with Gasteiger partial charge in [0.25, 0.3) is 0 Å². The second-order valence-corrected chi connectivity index (χ2v) is 6.82. The summed E-state index contributed by atoms with van der Waals surface area (Å²) in [5, 5.41) is 4.39. The molecule has 0 saturated carbocycles. The Kier molecular flexibility index (Phi) is 5.06. The van der Waals surface area contributed by atoms with Gasteiger partial charge in [0.1, 0.15) is 0 Å². The number of allylic oxidation sites excluding steroid dienone is 1. The third-order valence-corrected chi connectivity index (χ3v) is 4.95. The summed E-state index contributed by atoms with van der Waals surface area (Å²) in [4.78, 5) is 14.3. The van der Waals surface area contributed by atoms with E-state index in [9.17, 15) is 4.79 Å². The Morgan fingerprint density at radius 3 is 2.71 bits per heavy atom. The van der Waals surface area contributed by atoms with Crippen molar-refractivity contribution in [2.45, 2.75) is 26.8 Å². The molecule has 4 heteroatoms. The summed E-state index contributed by atoms with van der Waals surface area (Å²) in [6.45, 7) is 4.83. The number of hydrogen-bond acceptors (Lipinski definition) is 3. The SMILES string of the molecule is CCn1cc(/C=C/C(=O)c2ccc(Cc3ccccc3)s2)c(C)n1. The minimum absolute atomic E-state index is 0.0444. The zero-order valence-electron chi connectivity index (χ0n) is 13.9. The van der Waals surface area contributed by atoms with Gasteiger partial charge in [-0.05, 0) is 43.7 Å². The van der Waals surface area contributed by atoms with E-state index in [4.69, 9.17) is 0 Å². The topological polar surface area (TPSA) is 34.9 Å². The van der Waals surface area contributed by atoms with Crippen LogP contribution in [0.3, 0.4) is 0 Å². The van der Waals surface area contributed by atoms with Crippen LogP contribution < -0.4 is 0 Å². The molecule has 0 fully saturated rings. The number of nitrogens with zero attached hydrogens (tertiary/aromatic N) is 2. The van der Waals surface area contributed by atoms with Crippen molar-refractivity contribution in [3.8, 4) is 0 Å². The van der Waals surface area contributed by atoms with E-state index in [2.05, 4.69) is 17.2 Å². The lowest BCUT2D eigenvalue weighted by Crippen LogP contribution is -1.93. The fourth-order valence-corrected chi connectivity index (χ4v) is 3.47. The predicted octanol–water partition coefficient (Wildman–Crippen LogP) is 4.76. The third-order valence-electron chi connectivity index (χ3n) is 3.85. The molecule has 3 aromatic rings. The normalized spacial score (nSPS) is 11.2. The Labute approximate surface area is 146 Å². The lowest BCUT2D eigenvalue weighted by molar-refractivity contribution is 0.105. The second-order valence-electron chi connectivity index (χ2n) is 5.65. The van der Waals surface area contributed by atoms with E-state index in [1.54, 1.807) is 17.4 Å². The van der Waals surface area contributed by atoms with Gasteiger partial charge in [-0.1, -0.05) is 30.3 Å². The van der Waals surface area contributed by atoms with Crippen LogP contribution in [0, 0.1) is 6.92 Å². The molecule has 0 unspecified atom stereocenters. The first-order chi connectivity index (χ1) is 11.7. The number of hydrogen-bond donors (Lipinski definition) is 0. The van der Waals surface area contributed by atoms with E-state index in [1.807, 2.05) is 61.1 Å². The molecule has 24 heavy (non-hydrogen) atoms. The highest BCUT2D eigenvalue weighted by Crippen LogP contribution is 2.21. The molecule has 0 N–H and O–H groups in total. The maximum Gasteiger partial charge on any atom is 0.195 e. The number of rotatable bonds is 6. The quantitative estimate of drug-likeness (QED) is 0.480. The Morgan fingerprint density at radius 1 is 1.21 bits per heavy atom. The summed E-state index contributed by atoms with van der Waals surface area (Å²) in [6.07, 6.45) is 6.33. The molecule has 0 amide bonds. The molecule has 3 nitrogen and oxygen atoms in total. The Hall–Kier alpha value is -2.46. The highest BCUT2D eigenvalue weighted by molar-refractivity contribution is 7.14. The van der Waals surface area contributed by atoms with Crippen LogP contribution in [0.5, 0.6) is 0 Å². The Morgan fingerprint density at radius 2 is 2.00 bits per heavy atom. The minimum atomic E-state index is 0.0444. The van der Waals surface area contributed by atoms with Crippen LogP contribution in [0.25, 0.3) is 6.08 Å². The molecular formula is C20H20N2OS. The number of aryl methyl sites for hydroxylation is 2. The van der Waals surface area contributed by atoms with Gasteiger partial charge in [-0.3, -0.25) is 9.48 Å². The second kappa shape index (κ2) is 7.41. The molecule has 0 aliphatic heterocycles. The third kappa shape index (κ3) is 3.89. The number of benzene rings is 1. The number of carbonyl (C=O) groups excluding carboxylic acids is 1. The van der Waals surface area contributed by atoms with Crippen molar-refractivity contribution in [2.75, 3.05) is 0 Å². The van der Waals surface area contributed by atoms with Crippen LogP contribution in [0.1, 0.15) is 38.3 Å². The largest absolute Gasteiger partial charge is 0.288 e. The van der Waals surface area contributed by atoms with E-state index >= 15 is 0 Å². The summed E-state index contributed by atoms with van der Waals surface area (Å²) in [7, 11) is 0. The monoisotopic (exact) mass is 336 g/mol. The van der Waals surface area contributed by atoms with Crippen LogP contribution in [0.4, 0.5) is 0 Å². The fourth-order valence-electron chi connectivity index (χ4n) is 2.51. The van der Waals surface area contributed by atoms with Crippen LogP contribution >= 0.6 is 11.3 Å². The van der Waals surface area contributed by atoms with E-state index < -0.39 is 0 Å². The average Bonchev–Trinajstić information content (AvgIpc) is 3.20. The van der Waals surface area contributed by atoms with Gasteiger partial charge in [0, 0.05) is 29.6 Å². The van der Waals surface area contributed by atoms with Crippen LogP contribution in [0.2, 0.25) is 0 Å². The standard InChI is InChI=1S/C20H20N2OS/c1-3-22-14-17(15(2)21-22)9-11-19(23)20-12-10-18(24-20)13-16-7-5-4-6-8-16/h4-12,14H,3,13H2,1-2H3/b11-9+. The molecule has 0 aliphatic carbocycles. The van der Waals surface area contributed by atoms with Crippen molar-refractivity contribution >= 4 is 23.2 Å². The zero-order chi connectivity index (χ0) is 16.9. The highest BCUT2D eigenvalue weighted by Gasteiger charge is 2.08. The minimum Gasteiger partial charge on any atom is -0.288 e. The maximum absolute atomic E-state index is 12.4. The van der Waals surface area contributed by atoms with E-state index in [0.717, 1.165) is 29.1 Å². The molecule has 1 aromatic carbocycles. The van der Waals surface area contributed by atoms with Crippen molar-refractivity contribution in [2.24, 2.45) is 0 Å². The lowest BCUT2D eigenvalue weighted by atomic mass is 10.1. The van der Waals surface area contributed by atoms with Crippen LogP contribution in [-0.2, 0) is 13.0 Å². The first-order valence-electron chi connectivity index (χ1n) is 8.05. The Bertz CT molecular complexity index is 859. The molecule has 0 saturated heterocycles. The molecule has 2 heterocycles. The van der Waals surface area contributed by atoms with Gasteiger partial charge in [0.15, 0.2) is 5.78 Å². The lowest BCUT2D eigenvalue weighted by Gasteiger charge is -1.97. The van der Waals surface area contributed by atoms with Gasteiger partial charge < -0.3 is 0 Å². The van der Waals surface area contributed by atoms with Crippen molar-refractivity contribution in [1.82, 2.24) is 9.78 Å². The molecule has 3 rings (SSSR count). The molecule has 0 atom stereocenters. The van der Waals surface area contributed by atoms with Crippen molar-refractivity contribution in [1.29, 1.82) is 0 Å². The van der Waals surface area contributed by atoms with Gasteiger partial charge in [0.05, 0.1) is 10.6 Å². The van der Waals surface area contributed by atoms with E-state index in [-0.39, 0.29) is 5.78 Å². The van der Waals surface area contributed by atoms with Crippen molar-refractivity contribution in [3.05, 3.63) is 81.3 Å². The van der Waals surface area contributed by atoms with E-state index in [1.165, 1.54) is 10.4 Å². The molecule has 0 radical (unpaired) electrons. The number of thiophene rings is 1. The first-order valence-corrected chi connectivity index (χ1v) is 8.86. The zero-order valence-corrected chi connectivity index (χ0v) is 14.7. The van der Waals surface area contributed by atoms with Gasteiger partial charge in [0.2, 0.25) is 0 Å². The smallest absolute Gasteiger partial charge is 0.195 e. The summed E-state index contributed by atoms with van der Waals surface area (Å²) < 4.78 is 1.88. The Balaban J connectivity index is 1.69. The van der Waals surface area contributed by atoms with Crippen molar-refractivity contribution in [3.63, 3.8) is 0 Å². The summed E-state index contributed by atoms with van der Waals surface area (Å²) in [6, 6.07) is 14.3. The molecular weight excluding hydrogens is 316 g/mol. The summed E-state index contributed by atoms with van der Waals surface area (Å²) in [5.74, 6) is 0.0444. The van der Waals surface area contributed by atoms with Gasteiger partial charge in [-0.15, -0.1) is 11.3 Å². The number of ketones is 1. The summed E-state index contributed by atoms with van der Waals surface area (Å²) >= 11 is 1.56. The fraction of sp³-hybridized carbons (Fsp3) is 0.200. The highest BCUT2D eigenvalue weighted by atomic mass is 32.1. The maximum atomic E-state index is 12.4. The molecule has 2 aromatic heterocycles. The first kappa shape index (κ1) is 16.4. The molecule has 0 spiro atoms. The molecule has 0 aliphatic rings. The summed E-state index contributed by atoms with van der Waals surface area (Å²) in [5.41, 5.74) is 3.19. The van der Waals surface area contributed by atoms with E-state index in [0.29, 0.717) is 0 Å². The predicted molar refractivity (Wildman–Crippen MR) is 99.6 cm³/mol. The van der Waals surface area contributed by atoms with Gasteiger partial charge in [-0.2, -0.15) is 5.10 Å². The average molecular weight is 336 g/mol. The van der Waals surface area contributed by atoms with Crippen LogP contribution in [0.15, 0.2) is 54.7 Å². The van der Waals surface area contributed by atoms with Gasteiger partial charge >= 0.3 is 0 Å². The number of aromatic nitrogens is 2.